The number of rotatable bonds is 35. The third-order valence-corrected chi connectivity index (χ3v) is 7.52. The van der Waals surface area contributed by atoms with Gasteiger partial charge in [0, 0.05) is 12.5 Å². The van der Waals surface area contributed by atoms with Gasteiger partial charge in [0.2, 0.25) is 0 Å². The molecule has 0 aliphatic carbocycles. The predicted octanol–water partition coefficient (Wildman–Crippen LogP) is 3.65. The van der Waals surface area contributed by atoms with Crippen LogP contribution in [0.3, 0.4) is 0 Å². The zero-order valence-electron chi connectivity index (χ0n) is 27.0. The van der Waals surface area contributed by atoms with E-state index in [4.69, 9.17) is 58.4 Å². The van der Waals surface area contributed by atoms with Crippen molar-refractivity contribution in [2.24, 2.45) is 0 Å². The molecule has 0 aliphatic rings. The minimum Gasteiger partial charge on any atom is -0.379 e. The van der Waals surface area contributed by atoms with E-state index < -0.39 is 10.1 Å². The third-order valence-electron chi connectivity index (χ3n) is 5.92. The number of alkyl halides is 1. The van der Waals surface area contributed by atoms with Gasteiger partial charge in [0.15, 0.2) is 0 Å². The lowest BCUT2D eigenvalue weighted by Gasteiger charge is -2.09. The molecular formula is C31H55ClO12S. The van der Waals surface area contributed by atoms with Crippen molar-refractivity contribution in [3.05, 3.63) is 29.8 Å². The quantitative estimate of drug-likeness (QED) is 0.0588. The molecule has 0 aromatic heterocycles. The number of halogens is 1. The molecule has 0 aliphatic heterocycles. The summed E-state index contributed by atoms with van der Waals surface area (Å²) in [7, 11) is -3.77. The summed E-state index contributed by atoms with van der Waals surface area (Å²) in [6.07, 6.45) is 4.47. The van der Waals surface area contributed by atoms with Gasteiger partial charge in [-0.25, -0.2) is 0 Å². The lowest BCUT2D eigenvalue weighted by Crippen LogP contribution is -2.15. The first-order valence-corrected chi connectivity index (χ1v) is 17.7. The molecule has 0 bridgehead atoms. The van der Waals surface area contributed by atoms with Gasteiger partial charge in [-0.15, -0.1) is 11.6 Å². The second kappa shape index (κ2) is 31.6. The second-order valence-electron chi connectivity index (χ2n) is 9.70. The van der Waals surface area contributed by atoms with Crippen molar-refractivity contribution in [3.8, 4) is 0 Å². The summed E-state index contributed by atoms with van der Waals surface area (Å²) < 4.78 is 78.2. The van der Waals surface area contributed by atoms with E-state index in [1.165, 1.54) is 12.1 Å². The molecule has 0 saturated heterocycles. The number of hydrogen-bond acceptors (Lipinski definition) is 12. The van der Waals surface area contributed by atoms with Crippen LogP contribution in [0.2, 0.25) is 0 Å². The van der Waals surface area contributed by atoms with E-state index in [2.05, 4.69) is 0 Å². The Hall–Kier alpha value is -0.940. The van der Waals surface area contributed by atoms with Gasteiger partial charge in [-0.2, -0.15) is 8.42 Å². The lowest BCUT2D eigenvalue weighted by atomic mass is 10.2. The Morgan fingerprint density at radius 2 is 0.756 bits per heavy atom. The summed E-state index contributed by atoms with van der Waals surface area (Å²) in [6.45, 7) is 10.5. The Balaban J connectivity index is 1.68. The highest BCUT2D eigenvalue weighted by Crippen LogP contribution is 2.12. The number of hydrogen-bond donors (Lipinski definition) is 0. The Labute approximate surface area is 275 Å². The third kappa shape index (κ3) is 27.8. The Bertz CT molecular complexity index is 861. The SMILES string of the molecule is Cc1ccc(S(=O)(=O)OCCOCCOCCOCCOCCOCCOCCOCCOCCOCCCCCCCl)cc1. The van der Waals surface area contributed by atoms with Crippen molar-refractivity contribution in [2.45, 2.75) is 37.5 Å². The summed E-state index contributed by atoms with van der Waals surface area (Å²) in [5.74, 6) is 0.738. The molecule has 0 atom stereocenters. The first-order valence-electron chi connectivity index (χ1n) is 15.8. The topological polar surface area (TPSA) is 126 Å². The fraction of sp³-hybridized carbons (Fsp3) is 0.806. The number of unbranched alkanes of at least 4 members (excludes halogenated alkanes) is 3. The summed E-state index contributed by atoms with van der Waals surface area (Å²) >= 11 is 5.65. The summed E-state index contributed by atoms with van der Waals surface area (Å²) in [5.41, 5.74) is 0.977. The van der Waals surface area contributed by atoms with Crippen LogP contribution in [0.1, 0.15) is 31.2 Å². The largest absolute Gasteiger partial charge is 0.379 e. The zero-order valence-corrected chi connectivity index (χ0v) is 28.5. The molecule has 0 saturated carbocycles. The lowest BCUT2D eigenvalue weighted by molar-refractivity contribution is -0.0254. The van der Waals surface area contributed by atoms with Gasteiger partial charge in [0.05, 0.1) is 124 Å². The maximum atomic E-state index is 12.1. The van der Waals surface area contributed by atoms with E-state index in [0.717, 1.165) is 43.7 Å². The molecule has 0 amide bonds. The first kappa shape index (κ1) is 42.1. The molecule has 264 valence electrons. The van der Waals surface area contributed by atoms with E-state index in [-0.39, 0.29) is 18.1 Å². The van der Waals surface area contributed by atoms with Gasteiger partial charge in [0.25, 0.3) is 10.1 Å². The van der Waals surface area contributed by atoms with Gasteiger partial charge in [-0.3, -0.25) is 4.18 Å². The minimum absolute atomic E-state index is 0.0565. The van der Waals surface area contributed by atoms with E-state index in [1.807, 2.05) is 6.92 Å². The highest BCUT2D eigenvalue weighted by atomic mass is 35.5. The van der Waals surface area contributed by atoms with Crippen molar-refractivity contribution < 1.29 is 55.2 Å². The maximum absolute atomic E-state index is 12.1. The molecule has 1 rings (SSSR count). The van der Waals surface area contributed by atoms with Crippen LogP contribution < -0.4 is 0 Å². The van der Waals surface area contributed by atoms with Crippen LogP contribution in [0.4, 0.5) is 0 Å². The van der Waals surface area contributed by atoms with Crippen molar-refractivity contribution in [3.63, 3.8) is 0 Å². The molecule has 45 heavy (non-hydrogen) atoms. The average Bonchev–Trinajstić information content (AvgIpc) is 3.03. The standard InChI is InChI=1S/C31H55ClO12S/c1-30-6-8-31(9-7-30)45(33,34)44-29-28-43-27-26-42-25-24-41-23-22-40-21-20-39-19-18-38-17-16-37-15-14-36-13-12-35-11-5-3-2-4-10-32/h6-9H,2-5,10-29H2,1H3. The van der Waals surface area contributed by atoms with Gasteiger partial charge in [-0.05, 0) is 31.9 Å². The smallest absolute Gasteiger partial charge is 0.297 e. The van der Waals surface area contributed by atoms with Crippen molar-refractivity contribution >= 4 is 21.7 Å². The van der Waals surface area contributed by atoms with Crippen LogP contribution in [0.25, 0.3) is 0 Å². The fourth-order valence-corrected chi connectivity index (χ4v) is 4.57. The summed E-state index contributed by atoms with van der Waals surface area (Å²) in [4.78, 5) is 0.130. The number of ether oxygens (including phenoxy) is 9. The average molecular weight is 687 g/mol. The van der Waals surface area contributed by atoms with Gasteiger partial charge >= 0.3 is 0 Å². The zero-order chi connectivity index (χ0) is 32.5. The molecular weight excluding hydrogens is 632 g/mol. The van der Waals surface area contributed by atoms with E-state index in [0.29, 0.717) is 106 Å². The maximum Gasteiger partial charge on any atom is 0.297 e. The van der Waals surface area contributed by atoms with E-state index in [1.54, 1.807) is 12.1 Å². The second-order valence-corrected chi connectivity index (χ2v) is 11.7. The highest BCUT2D eigenvalue weighted by Gasteiger charge is 2.14. The Morgan fingerprint density at radius 1 is 0.444 bits per heavy atom. The van der Waals surface area contributed by atoms with E-state index >= 15 is 0 Å². The molecule has 0 unspecified atom stereocenters. The minimum atomic E-state index is -3.77. The van der Waals surface area contributed by atoms with E-state index in [9.17, 15) is 8.42 Å². The van der Waals surface area contributed by atoms with Gasteiger partial charge in [0.1, 0.15) is 0 Å². The molecule has 0 heterocycles. The van der Waals surface area contributed by atoms with Crippen molar-refractivity contribution in [1.82, 2.24) is 0 Å². The Morgan fingerprint density at radius 3 is 1.11 bits per heavy atom. The first-order chi connectivity index (χ1) is 22.1. The van der Waals surface area contributed by atoms with Crippen LogP contribution in [-0.4, -0.2) is 140 Å². The van der Waals surface area contributed by atoms with Crippen LogP contribution >= 0.6 is 11.6 Å². The summed E-state index contributed by atoms with van der Waals surface area (Å²) in [5, 5.41) is 0. The molecule has 0 spiro atoms. The van der Waals surface area contributed by atoms with Crippen LogP contribution in [0.15, 0.2) is 29.2 Å². The van der Waals surface area contributed by atoms with Crippen molar-refractivity contribution in [1.29, 1.82) is 0 Å². The predicted molar refractivity (Wildman–Crippen MR) is 171 cm³/mol. The highest BCUT2D eigenvalue weighted by molar-refractivity contribution is 7.86. The summed E-state index contributed by atoms with van der Waals surface area (Å²) in [6, 6.07) is 6.49. The molecule has 0 N–H and O–H groups in total. The fourth-order valence-electron chi connectivity index (χ4n) is 3.49. The van der Waals surface area contributed by atoms with Crippen LogP contribution in [0.5, 0.6) is 0 Å². The molecule has 0 radical (unpaired) electrons. The van der Waals surface area contributed by atoms with Crippen LogP contribution in [0, 0.1) is 6.92 Å². The van der Waals surface area contributed by atoms with Crippen LogP contribution in [-0.2, 0) is 56.9 Å². The van der Waals surface area contributed by atoms with Crippen molar-refractivity contribution in [2.75, 3.05) is 131 Å². The number of aryl methyl sites for hydroxylation is 1. The van der Waals surface area contributed by atoms with Gasteiger partial charge in [-0.1, -0.05) is 30.5 Å². The van der Waals surface area contributed by atoms with Gasteiger partial charge < -0.3 is 42.6 Å². The molecule has 12 nitrogen and oxygen atoms in total. The molecule has 1 aromatic rings. The molecule has 0 fully saturated rings. The molecule has 14 heteroatoms. The monoisotopic (exact) mass is 686 g/mol. The molecule has 1 aromatic carbocycles. The number of benzene rings is 1. The Kier molecular flexibility index (Phi) is 29.6. The normalized spacial score (nSPS) is 11.9.